The summed E-state index contributed by atoms with van der Waals surface area (Å²) in [6.07, 6.45) is 0.333. The van der Waals surface area contributed by atoms with E-state index < -0.39 is 26.5 Å². The Kier molecular flexibility index (Phi) is 3.81. The normalized spacial score (nSPS) is 11.2. The lowest BCUT2D eigenvalue weighted by molar-refractivity contribution is -0.497. The van der Waals surface area contributed by atoms with E-state index in [0.717, 1.165) is 12.1 Å². The maximum absolute atomic E-state index is 11.0. The van der Waals surface area contributed by atoms with Gasteiger partial charge in [0.15, 0.2) is 6.29 Å². The van der Waals surface area contributed by atoms with Crippen molar-refractivity contribution in [2.75, 3.05) is 0 Å². The van der Waals surface area contributed by atoms with Crippen molar-refractivity contribution in [1.82, 2.24) is 0 Å². The highest BCUT2D eigenvalue weighted by molar-refractivity contribution is 7.85. The Balaban J connectivity index is 3.52. The number of halogens is 1. The van der Waals surface area contributed by atoms with Crippen LogP contribution in [0.15, 0.2) is 17.0 Å². The number of carbonyl (C=O) groups excluding carboxylic acids is 1. The number of nitro groups is 1. The molecule has 0 aliphatic rings. The van der Waals surface area contributed by atoms with Crippen LogP contribution in [0.25, 0.3) is 0 Å². The Hall–Kier alpha value is -1.51. The molecule has 17 heavy (non-hydrogen) atoms. The van der Waals surface area contributed by atoms with Gasteiger partial charge in [-0.05, 0) is 12.1 Å². The van der Waals surface area contributed by atoms with Crippen molar-refractivity contribution in [1.29, 1.82) is 0 Å². The van der Waals surface area contributed by atoms with Gasteiger partial charge >= 0.3 is 0 Å². The largest absolute Gasteiger partial charge is 0.298 e. The van der Waals surface area contributed by atoms with Crippen LogP contribution in [-0.4, -0.2) is 24.2 Å². The zero-order valence-electron chi connectivity index (χ0n) is 8.16. The van der Waals surface area contributed by atoms with E-state index in [9.17, 15) is 23.3 Å². The summed E-state index contributed by atoms with van der Waals surface area (Å²) in [6, 6.07) is 1.76. The van der Waals surface area contributed by atoms with Crippen LogP contribution in [0, 0.1) is 10.1 Å². The number of hydrogen-bond donors (Lipinski definition) is 1. The number of carbonyl (C=O) groups is 1. The Morgan fingerprint density at radius 3 is 2.47 bits per heavy atom. The fraction of sp³-hybridized carbons (Fsp3) is 0.125. The molecular formula is C8H6ClNO6S. The van der Waals surface area contributed by atoms with Crippen molar-refractivity contribution in [2.24, 2.45) is 0 Å². The summed E-state index contributed by atoms with van der Waals surface area (Å²) in [7, 11) is -4.63. The van der Waals surface area contributed by atoms with Gasteiger partial charge in [-0.2, -0.15) is 8.42 Å². The minimum absolute atomic E-state index is 0.0871. The molecule has 0 unspecified atom stereocenters. The van der Waals surface area contributed by atoms with Crippen LogP contribution in [0.5, 0.6) is 0 Å². The van der Waals surface area contributed by atoms with Gasteiger partial charge in [0.2, 0.25) is 6.54 Å². The first kappa shape index (κ1) is 13.6. The average Bonchev–Trinajstić information content (AvgIpc) is 2.17. The maximum Gasteiger partial charge on any atom is 0.295 e. The third-order valence-corrected chi connectivity index (χ3v) is 3.15. The molecule has 1 aromatic carbocycles. The molecule has 0 radical (unpaired) electrons. The predicted molar refractivity (Wildman–Crippen MR) is 57.4 cm³/mol. The van der Waals surface area contributed by atoms with E-state index in [1.54, 1.807) is 0 Å². The van der Waals surface area contributed by atoms with Crippen LogP contribution in [0.1, 0.15) is 15.9 Å². The third-order valence-electron chi connectivity index (χ3n) is 1.88. The van der Waals surface area contributed by atoms with Crippen molar-refractivity contribution in [3.05, 3.63) is 38.4 Å². The molecule has 7 nitrogen and oxygen atoms in total. The van der Waals surface area contributed by atoms with Gasteiger partial charge in [-0.25, -0.2) is 0 Å². The molecule has 0 amide bonds. The molecule has 0 aromatic heterocycles. The molecular weight excluding hydrogens is 274 g/mol. The second-order valence-corrected chi connectivity index (χ2v) is 4.86. The van der Waals surface area contributed by atoms with Crippen LogP contribution in [0.4, 0.5) is 0 Å². The van der Waals surface area contributed by atoms with E-state index in [-0.39, 0.29) is 16.1 Å². The molecule has 1 rings (SSSR count). The zero-order chi connectivity index (χ0) is 13.2. The fourth-order valence-corrected chi connectivity index (χ4v) is 2.21. The summed E-state index contributed by atoms with van der Waals surface area (Å²) in [5.74, 6) is 0. The first-order valence-corrected chi connectivity index (χ1v) is 5.94. The Bertz CT molecular complexity index is 582. The van der Waals surface area contributed by atoms with Gasteiger partial charge in [0.1, 0.15) is 4.90 Å². The fourth-order valence-electron chi connectivity index (χ4n) is 1.21. The molecule has 0 fully saturated rings. The van der Waals surface area contributed by atoms with Gasteiger partial charge in [-0.1, -0.05) is 11.6 Å². The van der Waals surface area contributed by atoms with Crippen molar-refractivity contribution in [3.63, 3.8) is 0 Å². The lowest BCUT2D eigenvalue weighted by atomic mass is 10.1. The Morgan fingerprint density at radius 2 is 2.06 bits per heavy atom. The van der Waals surface area contributed by atoms with Crippen LogP contribution in [-0.2, 0) is 16.7 Å². The lowest BCUT2D eigenvalue weighted by Gasteiger charge is -2.05. The molecule has 0 saturated heterocycles. The average molecular weight is 280 g/mol. The molecule has 0 aliphatic heterocycles. The molecule has 1 aromatic rings. The van der Waals surface area contributed by atoms with E-state index in [2.05, 4.69) is 0 Å². The minimum Gasteiger partial charge on any atom is -0.298 e. The summed E-state index contributed by atoms with van der Waals surface area (Å²) in [6.45, 7) is -0.840. The van der Waals surface area contributed by atoms with E-state index in [4.69, 9.17) is 16.2 Å². The number of aldehydes is 1. The van der Waals surface area contributed by atoms with Crippen molar-refractivity contribution in [2.45, 2.75) is 11.4 Å². The minimum atomic E-state index is -4.63. The number of hydrogen-bond acceptors (Lipinski definition) is 5. The van der Waals surface area contributed by atoms with E-state index in [0.29, 0.717) is 6.29 Å². The molecule has 0 heterocycles. The quantitative estimate of drug-likeness (QED) is 0.383. The predicted octanol–water partition coefficient (Wildman–Crippen LogP) is 1.18. The van der Waals surface area contributed by atoms with Crippen molar-refractivity contribution >= 4 is 28.0 Å². The number of benzene rings is 1. The maximum atomic E-state index is 11.0. The van der Waals surface area contributed by atoms with E-state index in [1.807, 2.05) is 0 Å². The first-order chi connectivity index (χ1) is 7.75. The van der Waals surface area contributed by atoms with Crippen molar-refractivity contribution in [3.8, 4) is 0 Å². The SMILES string of the molecule is O=Cc1cc(C[N+](=O)[O-])c(S(=O)(=O)O)cc1Cl. The smallest absolute Gasteiger partial charge is 0.295 e. The highest BCUT2D eigenvalue weighted by Gasteiger charge is 2.21. The second kappa shape index (κ2) is 4.78. The number of rotatable bonds is 4. The second-order valence-electron chi connectivity index (χ2n) is 3.07. The highest BCUT2D eigenvalue weighted by Crippen LogP contribution is 2.24. The Labute approximate surface area is 101 Å². The van der Waals surface area contributed by atoms with Gasteiger partial charge in [0.05, 0.1) is 5.02 Å². The van der Waals surface area contributed by atoms with Crippen LogP contribution in [0.3, 0.4) is 0 Å². The molecule has 0 atom stereocenters. The summed E-state index contributed by atoms with van der Waals surface area (Å²) >= 11 is 5.57. The van der Waals surface area contributed by atoms with Gasteiger partial charge in [-0.15, -0.1) is 0 Å². The van der Waals surface area contributed by atoms with Crippen LogP contribution >= 0.6 is 11.6 Å². The monoisotopic (exact) mass is 279 g/mol. The highest BCUT2D eigenvalue weighted by atomic mass is 35.5. The standard InChI is InChI=1S/C8H6ClNO6S/c9-7-2-8(17(14,15)16)5(3-10(12)13)1-6(7)4-11/h1-2,4H,3H2,(H,14,15,16). The van der Waals surface area contributed by atoms with Crippen LogP contribution in [0.2, 0.25) is 5.02 Å². The van der Waals surface area contributed by atoms with Crippen LogP contribution < -0.4 is 0 Å². The van der Waals surface area contributed by atoms with Gasteiger partial charge in [0.25, 0.3) is 10.1 Å². The molecule has 0 aliphatic carbocycles. The van der Waals surface area contributed by atoms with Gasteiger partial charge in [0, 0.05) is 16.1 Å². The Morgan fingerprint density at radius 1 is 1.47 bits per heavy atom. The van der Waals surface area contributed by atoms with E-state index >= 15 is 0 Å². The third kappa shape index (κ3) is 3.22. The molecule has 1 N–H and O–H groups in total. The summed E-state index contributed by atoms with van der Waals surface area (Å²) in [5.41, 5.74) is -0.389. The molecule has 0 saturated carbocycles. The summed E-state index contributed by atoms with van der Waals surface area (Å²) in [5, 5.41) is 10.1. The summed E-state index contributed by atoms with van der Waals surface area (Å²) < 4.78 is 30.8. The van der Waals surface area contributed by atoms with Gasteiger partial charge in [-0.3, -0.25) is 19.5 Å². The molecule has 92 valence electrons. The topological polar surface area (TPSA) is 115 Å². The molecule has 9 heteroatoms. The number of nitrogens with zero attached hydrogens (tertiary/aromatic N) is 1. The zero-order valence-corrected chi connectivity index (χ0v) is 9.73. The molecule has 0 spiro atoms. The first-order valence-electron chi connectivity index (χ1n) is 4.12. The summed E-state index contributed by atoms with van der Waals surface area (Å²) in [4.78, 5) is 19.4. The van der Waals surface area contributed by atoms with E-state index in [1.165, 1.54) is 0 Å². The lowest BCUT2D eigenvalue weighted by Crippen LogP contribution is -2.08. The van der Waals surface area contributed by atoms with Gasteiger partial charge < -0.3 is 0 Å². The van der Waals surface area contributed by atoms with Crippen molar-refractivity contribution < 1.29 is 22.7 Å². The molecule has 0 bridgehead atoms.